The van der Waals surface area contributed by atoms with Crippen molar-refractivity contribution in [3.8, 4) is 0 Å². The number of carbonyl (C=O) groups is 1. The van der Waals surface area contributed by atoms with E-state index in [0.717, 1.165) is 16.7 Å². The number of hydrogen-bond donors (Lipinski definition) is 3. The highest BCUT2D eigenvalue weighted by Gasteiger charge is 2.10. The van der Waals surface area contributed by atoms with Gasteiger partial charge >= 0.3 is 6.03 Å². The lowest BCUT2D eigenvalue weighted by Crippen LogP contribution is -2.19. The van der Waals surface area contributed by atoms with Gasteiger partial charge in [0.15, 0.2) is 0 Å². The molecule has 0 radical (unpaired) electrons. The number of aryl methyl sites for hydroxylation is 1. The van der Waals surface area contributed by atoms with Gasteiger partial charge in [0.1, 0.15) is 5.84 Å². The van der Waals surface area contributed by atoms with Gasteiger partial charge in [-0.1, -0.05) is 29.8 Å². The molecule has 1 aliphatic heterocycles. The van der Waals surface area contributed by atoms with Crippen molar-refractivity contribution in [3.63, 3.8) is 0 Å². The third kappa shape index (κ3) is 3.75. The highest BCUT2D eigenvalue weighted by molar-refractivity contribution is 6.31. The number of nitrogens with two attached hydrogens (primary N) is 1. The highest BCUT2D eigenvalue weighted by Crippen LogP contribution is 2.25. The summed E-state index contributed by atoms with van der Waals surface area (Å²) in [6.07, 6.45) is 2.38. The van der Waals surface area contributed by atoms with E-state index in [4.69, 9.17) is 17.3 Å². The molecule has 2 amide bonds. The molecule has 0 atom stereocenters. The standard InChI is InChI=1S/C18H17ClN4O/c1-11-5-6-15(9-16(11)19)23-18(24)22-14-4-2-3-12(7-14)13-8-17(20)21-10-13/h2-7,9-10H,8H2,1H3,(H2,20,21)(H2,22,23,24). The predicted octanol–water partition coefficient (Wildman–Crippen LogP) is 4.39. The van der Waals surface area contributed by atoms with Crippen LogP contribution in [-0.2, 0) is 0 Å². The molecule has 2 aromatic carbocycles. The molecule has 0 saturated carbocycles. The van der Waals surface area contributed by atoms with E-state index in [1.807, 2.05) is 37.3 Å². The lowest BCUT2D eigenvalue weighted by Gasteiger charge is -2.10. The van der Waals surface area contributed by atoms with Crippen molar-refractivity contribution >= 4 is 40.4 Å². The quantitative estimate of drug-likeness (QED) is 0.774. The molecule has 4 N–H and O–H groups in total. The normalized spacial score (nSPS) is 13.2. The zero-order valence-electron chi connectivity index (χ0n) is 13.1. The molecule has 24 heavy (non-hydrogen) atoms. The van der Waals surface area contributed by atoms with Gasteiger partial charge in [-0.25, -0.2) is 9.79 Å². The second-order valence-corrected chi connectivity index (χ2v) is 5.98. The Kier molecular flexibility index (Phi) is 4.53. The van der Waals surface area contributed by atoms with Crippen LogP contribution in [0.5, 0.6) is 0 Å². The number of amides is 2. The maximum Gasteiger partial charge on any atom is 0.323 e. The van der Waals surface area contributed by atoms with E-state index in [1.54, 1.807) is 18.3 Å². The summed E-state index contributed by atoms with van der Waals surface area (Å²) in [4.78, 5) is 16.2. The van der Waals surface area contributed by atoms with E-state index < -0.39 is 0 Å². The number of benzene rings is 2. The molecule has 0 spiro atoms. The number of urea groups is 1. The van der Waals surface area contributed by atoms with Crippen LogP contribution in [0.15, 0.2) is 53.7 Å². The summed E-state index contributed by atoms with van der Waals surface area (Å²) >= 11 is 6.06. The van der Waals surface area contributed by atoms with Crippen molar-refractivity contribution < 1.29 is 4.79 Å². The highest BCUT2D eigenvalue weighted by atomic mass is 35.5. The second kappa shape index (κ2) is 6.76. The molecular weight excluding hydrogens is 324 g/mol. The van der Waals surface area contributed by atoms with Gasteiger partial charge in [0.2, 0.25) is 0 Å². The number of aliphatic imine (C=N–C) groups is 1. The summed E-state index contributed by atoms with van der Waals surface area (Å²) in [7, 11) is 0. The Morgan fingerprint density at radius 3 is 2.58 bits per heavy atom. The molecule has 1 aliphatic rings. The number of amidine groups is 1. The molecule has 122 valence electrons. The number of nitrogens with zero attached hydrogens (tertiary/aromatic N) is 1. The monoisotopic (exact) mass is 340 g/mol. The van der Waals surface area contributed by atoms with Crippen LogP contribution >= 0.6 is 11.6 Å². The van der Waals surface area contributed by atoms with Crippen LogP contribution in [0.2, 0.25) is 5.02 Å². The van der Waals surface area contributed by atoms with E-state index in [0.29, 0.717) is 28.7 Å². The van der Waals surface area contributed by atoms with Crippen LogP contribution in [0.3, 0.4) is 0 Å². The first-order valence-corrected chi connectivity index (χ1v) is 7.85. The molecule has 0 aromatic heterocycles. The number of nitrogens with one attached hydrogen (secondary N) is 2. The summed E-state index contributed by atoms with van der Waals surface area (Å²) in [6.45, 7) is 1.91. The van der Waals surface area contributed by atoms with Gasteiger partial charge in [-0.15, -0.1) is 0 Å². The van der Waals surface area contributed by atoms with Crippen molar-refractivity contribution in [2.75, 3.05) is 10.6 Å². The van der Waals surface area contributed by atoms with Crippen molar-refractivity contribution in [1.29, 1.82) is 0 Å². The lowest BCUT2D eigenvalue weighted by molar-refractivity contribution is 0.262. The zero-order chi connectivity index (χ0) is 17.1. The number of hydrogen-bond acceptors (Lipinski definition) is 3. The number of anilines is 2. The third-order valence-electron chi connectivity index (χ3n) is 3.68. The van der Waals surface area contributed by atoms with Gasteiger partial charge in [0.05, 0.1) is 0 Å². The van der Waals surface area contributed by atoms with Crippen molar-refractivity contribution in [2.24, 2.45) is 10.7 Å². The van der Waals surface area contributed by atoms with E-state index in [-0.39, 0.29) is 6.03 Å². The molecule has 0 unspecified atom stereocenters. The Morgan fingerprint density at radius 2 is 1.92 bits per heavy atom. The van der Waals surface area contributed by atoms with Crippen molar-refractivity contribution in [3.05, 3.63) is 64.8 Å². The first-order chi connectivity index (χ1) is 11.5. The molecule has 6 heteroatoms. The Hall–Kier alpha value is -2.79. The minimum absolute atomic E-state index is 0.330. The van der Waals surface area contributed by atoms with Crippen molar-refractivity contribution in [1.82, 2.24) is 0 Å². The van der Waals surface area contributed by atoms with Crippen LogP contribution in [-0.4, -0.2) is 11.9 Å². The van der Waals surface area contributed by atoms with Crippen LogP contribution in [0, 0.1) is 6.92 Å². The molecule has 0 aliphatic carbocycles. The molecule has 0 saturated heterocycles. The SMILES string of the molecule is Cc1ccc(NC(=O)Nc2cccc(C3=CN=C(N)C3)c2)cc1Cl. The Bertz CT molecular complexity index is 858. The average molecular weight is 341 g/mol. The summed E-state index contributed by atoms with van der Waals surface area (Å²) < 4.78 is 0. The van der Waals surface area contributed by atoms with Crippen LogP contribution < -0.4 is 16.4 Å². The molecule has 5 nitrogen and oxygen atoms in total. The maximum absolute atomic E-state index is 12.1. The fourth-order valence-electron chi connectivity index (χ4n) is 2.38. The summed E-state index contributed by atoms with van der Waals surface area (Å²) in [5, 5.41) is 6.18. The molecule has 2 aromatic rings. The second-order valence-electron chi connectivity index (χ2n) is 5.58. The zero-order valence-corrected chi connectivity index (χ0v) is 13.9. The van der Waals surface area contributed by atoms with E-state index in [1.165, 1.54) is 0 Å². The fraction of sp³-hybridized carbons (Fsp3) is 0.111. The Balaban J connectivity index is 1.67. The van der Waals surface area contributed by atoms with E-state index in [9.17, 15) is 4.79 Å². The van der Waals surface area contributed by atoms with Crippen LogP contribution in [0.4, 0.5) is 16.2 Å². The number of halogens is 1. The van der Waals surface area contributed by atoms with Crippen LogP contribution in [0.25, 0.3) is 5.57 Å². The van der Waals surface area contributed by atoms with Gasteiger partial charge in [-0.05, 0) is 47.9 Å². The molecular formula is C18H17ClN4O. The predicted molar refractivity (Wildman–Crippen MR) is 99.5 cm³/mol. The topological polar surface area (TPSA) is 79.5 Å². The van der Waals surface area contributed by atoms with Gasteiger partial charge in [0, 0.05) is 29.0 Å². The molecule has 0 bridgehead atoms. The van der Waals surface area contributed by atoms with Gasteiger partial charge in [-0.3, -0.25) is 0 Å². The summed E-state index contributed by atoms with van der Waals surface area (Å²) in [5.41, 5.74) is 10.00. The minimum atomic E-state index is -0.330. The fourth-order valence-corrected chi connectivity index (χ4v) is 2.57. The van der Waals surface area contributed by atoms with Crippen molar-refractivity contribution in [2.45, 2.75) is 13.3 Å². The molecule has 3 rings (SSSR count). The van der Waals surface area contributed by atoms with E-state index in [2.05, 4.69) is 15.6 Å². The number of rotatable bonds is 3. The van der Waals surface area contributed by atoms with Gasteiger partial charge in [-0.2, -0.15) is 0 Å². The maximum atomic E-state index is 12.1. The molecule has 1 heterocycles. The largest absolute Gasteiger partial charge is 0.387 e. The Morgan fingerprint density at radius 1 is 1.17 bits per heavy atom. The smallest absolute Gasteiger partial charge is 0.323 e. The average Bonchev–Trinajstić information content (AvgIpc) is 2.98. The van der Waals surface area contributed by atoms with Gasteiger partial charge in [0.25, 0.3) is 0 Å². The summed E-state index contributed by atoms with van der Waals surface area (Å²) in [5.74, 6) is 0.595. The van der Waals surface area contributed by atoms with Crippen LogP contribution in [0.1, 0.15) is 17.5 Å². The Labute approximate surface area is 145 Å². The number of carbonyl (C=O) groups excluding carboxylic acids is 1. The first kappa shape index (κ1) is 16.1. The van der Waals surface area contributed by atoms with Gasteiger partial charge < -0.3 is 16.4 Å². The molecule has 0 fully saturated rings. The third-order valence-corrected chi connectivity index (χ3v) is 4.09. The van der Waals surface area contributed by atoms with E-state index >= 15 is 0 Å². The minimum Gasteiger partial charge on any atom is -0.387 e. The summed E-state index contributed by atoms with van der Waals surface area (Å²) in [6, 6.07) is 12.6. The lowest BCUT2D eigenvalue weighted by atomic mass is 10.0. The first-order valence-electron chi connectivity index (χ1n) is 7.47.